The monoisotopic (exact) mass is 232 g/mol. The third kappa shape index (κ3) is 3.91. The number of hydrazine groups is 1. The lowest BCUT2D eigenvalue weighted by atomic mass is 10.1. The van der Waals surface area contributed by atoms with Crippen LogP contribution in [0.4, 0.5) is 0 Å². The fourth-order valence-corrected chi connectivity index (χ4v) is 1.35. The number of amides is 1. The zero-order valence-corrected chi connectivity index (χ0v) is 10.2. The molecular formula is C13H16N2O2. The Hall–Kier alpha value is -1.83. The average molecular weight is 232 g/mol. The Morgan fingerprint density at radius 3 is 2.71 bits per heavy atom. The summed E-state index contributed by atoms with van der Waals surface area (Å²) in [4.78, 5) is 11.7. The number of aryl methyl sites for hydroxylation is 1. The Morgan fingerprint density at radius 1 is 1.47 bits per heavy atom. The molecule has 0 spiro atoms. The van der Waals surface area contributed by atoms with Gasteiger partial charge in [-0.25, -0.2) is 5.01 Å². The van der Waals surface area contributed by atoms with E-state index < -0.39 is 0 Å². The van der Waals surface area contributed by atoms with Crippen LogP contribution < -0.4 is 5.43 Å². The van der Waals surface area contributed by atoms with Gasteiger partial charge in [0.05, 0.1) is 0 Å². The molecule has 0 atom stereocenters. The average Bonchev–Trinajstić information content (AvgIpc) is 2.26. The molecule has 1 amide bonds. The van der Waals surface area contributed by atoms with Gasteiger partial charge in [-0.1, -0.05) is 11.8 Å². The Bertz CT molecular complexity index is 470. The molecule has 2 N–H and O–H groups in total. The Balaban J connectivity index is 2.92. The molecule has 1 rings (SSSR count). The number of aliphatic hydroxyl groups excluding tert-OH is 1. The van der Waals surface area contributed by atoms with E-state index in [9.17, 15) is 4.79 Å². The van der Waals surface area contributed by atoms with Crippen LogP contribution in [0.15, 0.2) is 18.2 Å². The first-order valence-corrected chi connectivity index (χ1v) is 5.23. The number of aliphatic hydroxyl groups is 1. The molecule has 1 aromatic carbocycles. The van der Waals surface area contributed by atoms with Crippen molar-refractivity contribution in [3.63, 3.8) is 0 Å². The van der Waals surface area contributed by atoms with E-state index in [0.29, 0.717) is 5.56 Å². The van der Waals surface area contributed by atoms with Crippen LogP contribution in [0.25, 0.3) is 0 Å². The van der Waals surface area contributed by atoms with Gasteiger partial charge in [-0.15, -0.1) is 0 Å². The van der Waals surface area contributed by atoms with Crippen molar-refractivity contribution in [3.8, 4) is 11.8 Å². The maximum atomic E-state index is 11.7. The second-order valence-electron chi connectivity index (χ2n) is 3.82. The van der Waals surface area contributed by atoms with Gasteiger partial charge in [0.15, 0.2) is 0 Å². The van der Waals surface area contributed by atoms with Crippen molar-refractivity contribution < 1.29 is 9.90 Å². The number of carbonyl (C=O) groups excluding carboxylic acids is 1. The van der Waals surface area contributed by atoms with E-state index in [1.54, 1.807) is 37.3 Å². The highest BCUT2D eigenvalue weighted by atomic mass is 16.2. The van der Waals surface area contributed by atoms with Crippen molar-refractivity contribution >= 4 is 5.91 Å². The third-order valence-corrected chi connectivity index (χ3v) is 2.12. The summed E-state index contributed by atoms with van der Waals surface area (Å²) in [5, 5.41) is 10.2. The van der Waals surface area contributed by atoms with Crippen LogP contribution in [0.1, 0.15) is 21.5 Å². The lowest BCUT2D eigenvalue weighted by Crippen LogP contribution is -2.36. The van der Waals surface area contributed by atoms with Crippen molar-refractivity contribution in [2.45, 2.75) is 6.92 Å². The minimum Gasteiger partial charge on any atom is -0.384 e. The second-order valence-corrected chi connectivity index (χ2v) is 3.82. The fourth-order valence-electron chi connectivity index (χ4n) is 1.35. The van der Waals surface area contributed by atoms with E-state index in [2.05, 4.69) is 17.3 Å². The molecule has 1 aromatic rings. The molecule has 0 saturated carbocycles. The van der Waals surface area contributed by atoms with Gasteiger partial charge in [-0.05, 0) is 30.7 Å². The van der Waals surface area contributed by atoms with Crippen LogP contribution in [0.3, 0.4) is 0 Å². The van der Waals surface area contributed by atoms with Crippen LogP contribution in [0.5, 0.6) is 0 Å². The number of rotatable bonds is 2. The van der Waals surface area contributed by atoms with Gasteiger partial charge in [0.2, 0.25) is 0 Å². The van der Waals surface area contributed by atoms with Crippen LogP contribution in [0, 0.1) is 18.8 Å². The first-order valence-electron chi connectivity index (χ1n) is 5.23. The molecule has 0 fully saturated rings. The summed E-state index contributed by atoms with van der Waals surface area (Å²) in [6.45, 7) is 1.72. The summed E-state index contributed by atoms with van der Waals surface area (Å²) in [6.07, 6.45) is 0. The molecule has 0 aromatic heterocycles. The highest BCUT2D eigenvalue weighted by Crippen LogP contribution is 2.10. The van der Waals surface area contributed by atoms with Gasteiger partial charge in [-0.3, -0.25) is 10.2 Å². The zero-order valence-electron chi connectivity index (χ0n) is 10.2. The van der Waals surface area contributed by atoms with Gasteiger partial charge in [0, 0.05) is 25.2 Å². The molecule has 4 heteroatoms. The summed E-state index contributed by atoms with van der Waals surface area (Å²) in [6, 6.07) is 5.27. The predicted octanol–water partition coefficient (Wildman–Crippen LogP) is 0.545. The van der Waals surface area contributed by atoms with Gasteiger partial charge in [0.1, 0.15) is 6.61 Å². The smallest absolute Gasteiger partial charge is 0.265 e. The molecule has 0 bridgehead atoms. The number of nitrogens with zero attached hydrogens (tertiary/aromatic N) is 1. The molecule has 0 aliphatic rings. The molecule has 0 heterocycles. The van der Waals surface area contributed by atoms with E-state index >= 15 is 0 Å². The van der Waals surface area contributed by atoms with Gasteiger partial charge < -0.3 is 5.11 Å². The number of hydrogen-bond acceptors (Lipinski definition) is 3. The molecule has 4 nitrogen and oxygen atoms in total. The summed E-state index contributed by atoms with van der Waals surface area (Å²) in [5.41, 5.74) is 4.99. The lowest BCUT2D eigenvalue weighted by Gasteiger charge is -2.12. The molecule has 17 heavy (non-hydrogen) atoms. The Morgan fingerprint density at radius 2 is 2.18 bits per heavy atom. The van der Waals surface area contributed by atoms with Gasteiger partial charge in [0.25, 0.3) is 5.91 Å². The minimum absolute atomic E-state index is 0.153. The quantitative estimate of drug-likeness (QED) is 0.578. The first kappa shape index (κ1) is 13.2. The molecule has 0 unspecified atom stereocenters. The van der Waals surface area contributed by atoms with E-state index in [1.807, 2.05) is 6.92 Å². The van der Waals surface area contributed by atoms with E-state index in [1.165, 1.54) is 0 Å². The lowest BCUT2D eigenvalue weighted by molar-refractivity contribution is 0.0857. The zero-order chi connectivity index (χ0) is 12.8. The normalized spacial score (nSPS) is 9.71. The topological polar surface area (TPSA) is 52.6 Å². The van der Waals surface area contributed by atoms with Crippen molar-refractivity contribution in [3.05, 3.63) is 34.9 Å². The van der Waals surface area contributed by atoms with Crippen LogP contribution >= 0.6 is 0 Å². The van der Waals surface area contributed by atoms with Crippen LogP contribution in [-0.2, 0) is 0 Å². The van der Waals surface area contributed by atoms with Crippen molar-refractivity contribution in [1.82, 2.24) is 10.4 Å². The third-order valence-electron chi connectivity index (χ3n) is 2.12. The molecule has 90 valence electrons. The van der Waals surface area contributed by atoms with Crippen molar-refractivity contribution in [1.29, 1.82) is 0 Å². The highest BCUT2D eigenvalue weighted by molar-refractivity contribution is 5.94. The van der Waals surface area contributed by atoms with E-state index in [0.717, 1.165) is 11.1 Å². The van der Waals surface area contributed by atoms with E-state index in [4.69, 9.17) is 5.11 Å². The standard InChI is InChI=1S/C13H16N2O2/c1-10-9-12(13(17)14-15(2)3)7-6-11(10)5-4-8-16/h6-7,9,16H,8H2,1-3H3,(H,14,17). The van der Waals surface area contributed by atoms with Crippen molar-refractivity contribution in [2.75, 3.05) is 20.7 Å². The molecular weight excluding hydrogens is 216 g/mol. The summed E-state index contributed by atoms with van der Waals surface area (Å²) in [7, 11) is 3.51. The second kappa shape index (κ2) is 6.04. The number of nitrogens with one attached hydrogen (secondary N) is 1. The predicted molar refractivity (Wildman–Crippen MR) is 66.3 cm³/mol. The SMILES string of the molecule is Cc1cc(C(=O)NN(C)C)ccc1C#CCO. The van der Waals surface area contributed by atoms with E-state index in [-0.39, 0.29) is 12.5 Å². The number of benzene rings is 1. The van der Waals surface area contributed by atoms with Crippen LogP contribution in [0.2, 0.25) is 0 Å². The van der Waals surface area contributed by atoms with Crippen LogP contribution in [-0.4, -0.2) is 36.7 Å². The molecule has 0 aliphatic heterocycles. The maximum Gasteiger partial charge on any atom is 0.265 e. The summed E-state index contributed by atoms with van der Waals surface area (Å²) >= 11 is 0. The molecule has 0 radical (unpaired) electrons. The largest absolute Gasteiger partial charge is 0.384 e. The Labute approximate surface area is 101 Å². The number of carbonyl (C=O) groups is 1. The maximum absolute atomic E-state index is 11.7. The summed E-state index contributed by atoms with van der Waals surface area (Å²) in [5.74, 6) is 5.26. The van der Waals surface area contributed by atoms with Gasteiger partial charge >= 0.3 is 0 Å². The first-order chi connectivity index (χ1) is 8.04. The Kier molecular flexibility index (Phi) is 4.70. The highest BCUT2D eigenvalue weighted by Gasteiger charge is 2.07. The molecule has 0 aliphatic carbocycles. The number of hydrogen-bond donors (Lipinski definition) is 2. The fraction of sp³-hybridized carbons (Fsp3) is 0.308. The van der Waals surface area contributed by atoms with Crippen molar-refractivity contribution in [2.24, 2.45) is 0 Å². The molecule has 0 saturated heterocycles. The van der Waals surface area contributed by atoms with Gasteiger partial charge in [-0.2, -0.15) is 0 Å². The minimum atomic E-state index is -0.164. The summed E-state index contributed by atoms with van der Waals surface area (Å²) < 4.78 is 0.